The predicted octanol–water partition coefficient (Wildman–Crippen LogP) is 0.646. The molecule has 0 heterocycles. The van der Waals surface area contributed by atoms with E-state index in [9.17, 15) is 4.79 Å². The maximum Gasteiger partial charge on any atom is 0.302 e. The maximum atomic E-state index is 10.4. The van der Waals surface area contributed by atoms with Crippen LogP contribution in [0.1, 0.15) is 13.8 Å². The third-order valence-corrected chi connectivity index (χ3v) is 1.86. The molecule has 0 unspecified atom stereocenters. The molecule has 11 heavy (non-hydrogen) atoms. The normalized spacial score (nSPS) is 11.3. The van der Waals surface area contributed by atoms with Crippen molar-refractivity contribution in [2.45, 2.75) is 13.8 Å². The van der Waals surface area contributed by atoms with Gasteiger partial charge in [-0.3, -0.25) is 4.79 Å². The molecule has 0 aliphatic carbocycles. The van der Waals surface area contributed by atoms with Crippen LogP contribution in [0.3, 0.4) is 0 Å². The Morgan fingerprint density at radius 1 is 1.45 bits per heavy atom. The van der Waals surface area contributed by atoms with E-state index in [2.05, 4.69) is 21.0 Å². The van der Waals surface area contributed by atoms with Crippen LogP contribution < -0.4 is 0 Å². The zero-order valence-electron chi connectivity index (χ0n) is 7.89. The molecule has 3 nitrogen and oxygen atoms in total. The zero-order chi connectivity index (χ0) is 8.91. The highest BCUT2D eigenvalue weighted by Gasteiger charge is 2.11. The first-order valence-electron chi connectivity index (χ1n) is 3.93. The second-order valence-electron chi connectivity index (χ2n) is 3.32. The number of ether oxygens (including phenoxy) is 1. The minimum absolute atomic E-state index is 0.193. The van der Waals surface area contributed by atoms with Crippen LogP contribution >= 0.6 is 0 Å². The van der Waals surface area contributed by atoms with Crippen molar-refractivity contribution in [1.82, 2.24) is 0 Å². The highest BCUT2D eigenvalue weighted by Crippen LogP contribution is 1.94. The first-order chi connectivity index (χ1) is 4.98. The number of carbonyl (C=O) groups excluding carboxylic acids is 1. The van der Waals surface area contributed by atoms with Crippen molar-refractivity contribution < 1.29 is 14.0 Å². The van der Waals surface area contributed by atoms with Gasteiger partial charge in [-0.25, -0.2) is 0 Å². The van der Waals surface area contributed by atoms with Gasteiger partial charge in [0.2, 0.25) is 0 Å². The summed E-state index contributed by atoms with van der Waals surface area (Å²) in [5.74, 6) is -0.193. The highest BCUT2D eigenvalue weighted by atomic mass is 16.5. The molecule has 0 fully saturated rings. The summed E-state index contributed by atoms with van der Waals surface area (Å²) in [4.78, 5) is 10.4. The molecule has 0 aromatic rings. The van der Waals surface area contributed by atoms with E-state index in [1.54, 1.807) is 0 Å². The van der Waals surface area contributed by atoms with Crippen molar-refractivity contribution in [3.8, 4) is 0 Å². The molecule has 0 aromatic heterocycles. The average molecular weight is 160 g/mol. The summed E-state index contributed by atoms with van der Waals surface area (Å²) < 4.78 is 5.72. The Balaban J connectivity index is 3.45. The van der Waals surface area contributed by atoms with Gasteiger partial charge in [-0.05, 0) is 6.92 Å². The van der Waals surface area contributed by atoms with Gasteiger partial charge in [0.1, 0.15) is 13.2 Å². The fourth-order valence-electron chi connectivity index (χ4n) is 0.595. The number of esters is 1. The number of likely N-dealkylation sites (N-methyl/N-ethyl adjacent to an activating group) is 1. The number of hydrogen-bond acceptors (Lipinski definition) is 2. The van der Waals surface area contributed by atoms with Crippen molar-refractivity contribution in [2.24, 2.45) is 0 Å². The molecular weight excluding hydrogens is 142 g/mol. The largest absolute Gasteiger partial charge is 0.460 e. The Morgan fingerprint density at radius 2 is 2.00 bits per heavy atom. The highest BCUT2D eigenvalue weighted by molar-refractivity contribution is 5.65. The van der Waals surface area contributed by atoms with E-state index in [-0.39, 0.29) is 5.97 Å². The van der Waals surface area contributed by atoms with Gasteiger partial charge in [-0.15, -0.1) is 0 Å². The van der Waals surface area contributed by atoms with E-state index >= 15 is 0 Å². The van der Waals surface area contributed by atoms with Gasteiger partial charge in [0.15, 0.2) is 0 Å². The van der Waals surface area contributed by atoms with Crippen LogP contribution in [0.25, 0.3) is 0 Å². The summed E-state index contributed by atoms with van der Waals surface area (Å²) >= 11 is 0. The van der Waals surface area contributed by atoms with E-state index in [1.807, 2.05) is 0 Å². The summed E-state index contributed by atoms with van der Waals surface area (Å²) in [5.41, 5.74) is 0. The molecule has 0 saturated carbocycles. The van der Waals surface area contributed by atoms with Crippen molar-refractivity contribution >= 4 is 5.97 Å². The van der Waals surface area contributed by atoms with E-state index in [0.29, 0.717) is 6.61 Å². The molecule has 0 amide bonds. The molecule has 0 aromatic carbocycles. The summed E-state index contributed by atoms with van der Waals surface area (Å²) in [6.07, 6.45) is 0. The lowest BCUT2D eigenvalue weighted by atomic mass is 10.4. The van der Waals surface area contributed by atoms with Gasteiger partial charge in [-0.1, -0.05) is 0 Å². The minimum atomic E-state index is -0.193. The standard InChI is InChI=1S/C8H18NO2/c1-5-9(3,4)6-7-11-8(2)10/h5-7H2,1-4H3/q+1. The number of quaternary nitrogens is 1. The number of carbonyl (C=O) groups is 1. The Labute approximate surface area is 68.5 Å². The van der Waals surface area contributed by atoms with Crippen molar-refractivity contribution in [2.75, 3.05) is 33.8 Å². The molecule has 0 N–H and O–H groups in total. The molecule has 0 aliphatic heterocycles. The maximum absolute atomic E-state index is 10.4. The zero-order valence-corrected chi connectivity index (χ0v) is 7.89. The van der Waals surface area contributed by atoms with Gasteiger partial charge in [0.05, 0.1) is 20.6 Å². The average Bonchev–Trinajstić information content (AvgIpc) is 1.87. The molecule has 0 radical (unpaired) electrons. The van der Waals surface area contributed by atoms with Crippen LogP contribution in [0.5, 0.6) is 0 Å². The van der Waals surface area contributed by atoms with Crippen molar-refractivity contribution in [3.63, 3.8) is 0 Å². The fraction of sp³-hybridized carbons (Fsp3) is 0.875. The molecule has 66 valence electrons. The topological polar surface area (TPSA) is 26.3 Å². The first kappa shape index (κ1) is 10.4. The lowest BCUT2D eigenvalue weighted by Crippen LogP contribution is -2.42. The van der Waals surface area contributed by atoms with E-state index in [4.69, 9.17) is 4.74 Å². The second-order valence-corrected chi connectivity index (χ2v) is 3.32. The van der Waals surface area contributed by atoms with Gasteiger partial charge < -0.3 is 9.22 Å². The predicted molar refractivity (Wildman–Crippen MR) is 44.1 cm³/mol. The summed E-state index contributed by atoms with van der Waals surface area (Å²) in [6, 6.07) is 0. The van der Waals surface area contributed by atoms with Crippen LogP contribution in [-0.2, 0) is 9.53 Å². The molecule has 3 heteroatoms. The van der Waals surface area contributed by atoms with Crippen LogP contribution in [0.2, 0.25) is 0 Å². The van der Waals surface area contributed by atoms with Gasteiger partial charge >= 0.3 is 5.97 Å². The number of rotatable bonds is 4. The van der Waals surface area contributed by atoms with Crippen LogP contribution in [0.15, 0.2) is 0 Å². The molecule has 0 aliphatic rings. The Morgan fingerprint density at radius 3 is 2.36 bits per heavy atom. The Kier molecular flexibility index (Phi) is 4.11. The van der Waals surface area contributed by atoms with Crippen LogP contribution in [0.4, 0.5) is 0 Å². The monoisotopic (exact) mass is 160 g/mol. The van der Waals surface area contributed by atoms with Crippen LogP contribution in [0, 0.1) is 0 Å². The Bertz CT molecular complexity index is 132. The quantitative estimate of drug-likeness (QED) is 0.446. The lowest BCUT2D eigenvalue weighted by Gasteiger charge is -2.27. The van der Waals surface area contributed by atoms with E-state index < -0.39 is 0 Å². The van der Waals surface area contributed by atoms with Crippen molar-refractivity contribution in [1.29, 1.82) is 0 Å². The van der Waals surface area contributed by atoms with Crippen molar-refractivity contribution in [3.05, 3.63) is 0 Å². The lowest BCUT2D eigenvalue weighted by molar-refractivity contribution is -0.888. The summed E-state index contributed by atoms with van der Waals surface area (Å²) in [5, 5.41) is 0. The SMILES string of the molecule is CC[N+](C)(C)CCOC(C)=O. The number of nitrogens with zero attached hydrogens (tertiary/aromatic N) is 1. The third-order valence-electron chi connectivity index (χ3n) is 1.86. The van der Waals surface area contributed by atoms with Crippen LogP contribution in [-0.4, -0.2) is 44.2 Å². The summed E-state index contributed by atoms with van der Waals surface area (Å²) in [7, 11) is 4.23. The molecular formula is C8H18NO2+. The van der Waals surface area contributed by atoms with E-state index in [1.165, 1.54) is 6.92 Å². The molecule has 0 spiro atoms. The van der Waals surface area contributed by atoms with Gasteiger partial charge in [0, 0.05) is 6.92 Å². The minimum Gasteiger partial charge on any atom is -0.460 e. The first-order valence-corrected chi connectivity index (χ1v) is 3.93. The molecule has 0 atom stereocenters. The Hall–Kier alpha value is -0.570. The smallest absolute Gasteiger partial charge is 0.302 e. The molecule has 0 rings (SSSR count). The molecule has 0 bridgehead atoms. The fourth-order valence-corrected chi connectivity index (χ4v) is 0.595. The molecule has 0 saturated heterocycles. The number of hydrogen-bond donors (Lipinski definition) is 0. The third kappa shape index (κ3) is 5.85. The van der Waals surface area contributed by atoms with E-state index in [0.717, 1.165) is 17.6 Å². The summed E-state index contributed by atoms with van der Waals surface area (Å²) in [6.45, 7) is 6.02. The second kappa shape index (κ2) is 4.34. The van der Waals surface area contributed by atoms with Gasteiger partial charge in [0.25, 0.3) is 0 Å². The van der Waals surface area contributed by atoms with Gasteiger partial charge in [-0.2, -0.15) is 0 Å².